The van der Waals surface area contributed by atoms with E-state index in [1.165, 1.54) is 0 Å². The van der Waals surface area contributed by atoms with E-state index in [4.69, 9.17) is 0 Å². The van der Waals surface area contributed by atoms with Crippen molar-refractivity contribution >= 4 is 11.8 Å². The van der Waals surface area contributed by atoms with Crippen molar-refractivity contribution in [3.8, 4) is 0 Å². The van der Waals surface area contributed by atoms with Gasteiger partial charge < -0.3 is 10.2 Å². The first-order chi connectivity index (χ1) is 9.56. The molecule has 2 atom stereocenters. The number of hydrogen-bond donors (Lipinski definition) is 1. The smallest absolute Gasteiger partial charge is 0.250 e. The van der Waals surface area contributed by atoms with Crippen LogP contribution in [0.15, 0.2) is 30.3 Å². The van der Waals surface area contributed by atoms with Gasteiger partial charge in [-0.15, -0.1) is 0 Å². The molecule has 2 unspecified atom stereocenters. The van der Waals surface area contributed by atoms with Gasteiger partial charge in [0.2, 0.25) is 5.91 Å². The molecule has 20 heavy (non-hydrogen) atoms. The van der Waals surface area contributed by atoms with Crippen molar-refractivity contribution in [1.29, 1.82) is 0 Å². The van der Waals surface area contributed by atoms with E-state index in [1.54, 1.807) is 4.90 Å². The summed E-state index contributed by atoms with van der Waals surface area (Å²) in [6.45, 7) is 5.95. The molecule has 0 spiro atoms. The van der Waals surface area contributed by atoms with Crippen molar-refractivity contribution in [3.63, 3.8) is 0 Å². The normalized spacial score (nSPS) is 23.1. The third kappa shape index (κ3) is 2.69. The monoisotopic (exact) mass is 274 g/mol. The number of nitrogens with zero attached hydrogens (tertiary/aromatic N) is 1. The van der Waals surface area contributed by atoms with Crippen molar-refractivity contribution in [1.82, 2.24) is 10.2 Å². The molecular formula is C16H22N2O2. The fourth-order valence-electron chi connectivity index (χ4n) is 2.76. The van der Waals surface area contributed by atoms with Crippen LogP contribution < -0.4 is 5.32 Å². The lowest BCUT2D eigenvalue weighted by Crippen LogP contribution is -2.61. The van der Waals surface area contributed by atoms with Crippen LogP contribution in [0, 0.1) is 0 Å². The largest absolute Gasteiger partial charge is 0.339 e. The Morgan fingerprint density at radius 3 is 2.40 bits per heavy atom. The second-order valence-corrected chi connectivity index (χ2v) is 5.50. The first-order valence-corrected chi connectivity index (χ1v) is 7.23. The number of carbonyl (C=O) groups is 2. The number of carbonyl (C=O) groups excluding carboxylic acids is 2. The predicted molar refractivity (Wildman–Crippen MR) is 78.0 cm³/mol. The van der Waals surface area contributed by atoms with Gasteiger partial charge in [-0.3, -0.25) is 9.59 Å². The van der Waals surface area contributed by atoms with Crippen LogP contribution in [0.25, 0.3) is 0 Å². The van der Waals surface area contributed by atoms with Gasteiger partial charge in [-0.05, 0) is 25.8 Å². The molecule has 0 aromatic heterocycles. The minimum Gasteiger partial charge on any atom is -0.339 e. The molecule has 1 heterocycles. The average molecular weight is 274 g/mol. The number of amides is 2. The van der Waals surface area contributed by atoms with Crippen molar-refractivity contribution < 1.29 is 9.59 Å². The predicted octanol–water partition coefficient (Wildman–Crippen LogP) is 2.26. The Labute approximate surface area is 120 Å². The summed E-state index contributed by atoms with van der Waals surface area (Å²) < 4.78 is 0. The summed E-state index contributed by atoms with van der Waals surface area (Å²) in [5, 5.41) is 2.87. The first-order valence-electron chi connectivity index (χ1n) is 7.23. The highest BCUT2D eigenvalue weighted by Gasteiger charge is 2.41. The van der Waals surface area contributed by atoms with Crippen LogP contribution in [0.2, 0.25) is 0 Å². The number of piperazine rings is 1. The Bertz CT molecular complexity index is 485. The Kier molecular flexibility index (Phi) is 4.42. The third-order valence-electron chi connectivity index (χ3n) is 3.68. The van der Waals surface area contributed by atoms with E-state index < -0.39 is 6.04 Å². The number of hydrogen-bond acceptors (Lipinski definition) is 2. The van der Waals surface area contributed by atoms with Crippen LogP contribution in [-0.2, 0) is 9.59 Å². The second kappa shape index (κ2) is 6.07. The summed E-state index contributed by atoms with van der Waals surface area (Å²) in [6, 6.07) is 8.55. The summed E-state index contributed by atoms with van der Waals surface area (Å²) in [4.78, 5) is 26.8. The zero-order valence-corrected chi connectivity index (χ0v) is 12.3. The summed E-state index contributed by atoms with van der Waals surface area (Å²) >= 11 is 0. The van der Waals surface area contributed by atoms with Gasteiger partial charge in [0, 0.05) is 6.04 Å². The van der Waals surface area contributed by atoms with Crippen molar-refractivity contribution in [2.75, 3.05) is 0 Å². The van der Waals surface area contributed by atoms with E-state index >= 15 is 0 Å². The molecule has 1 saturated heterocycles. The Morgan fingerprint density at radius 2 is 1.85 bits per heavy atom. The SMILES string of the molecule is CCCC1C(=O)NC(c2ccccc2)C(=O)N1C(C)C. The molecule has 0 aliphatic carbocycles. The van der Waals surface area contributed by atoms with Gasteiger partial charge in [-0.2, -0.15) is 0 Å². The zero-order valence-electron chi connectivity index (χ0n) is 12.3. The highest BCUT2D eigenvalue weighted by Crippen LogP contribution is 2.25. The van der Waals surface area contributed by atoms with Crippen LogP contribution in [0.4, 0.5) is 0 Å². The molecule has 2 amide bonds. The molecule has 1 aromatic carbocycles. The Balaban J connectivity index is 2.32. The minimum atomic E-state index is -0.556. The number of benzene rings is 1. The lowest BCUT2D eigenvalue weighted by atomic mass is 9.97. The zero-order chi connectivity index (χ0) is 14.7. The van der Waals surface area contributed by atoms with Gasteiger partial charge >= 0.3 is 0 Å². The van der Waals surface area contributed by atoms with Crippen LogP contribution in [0.3, 0.4) is 0 Å². The van der Waals surface area contributed by atoms with Gasteiger partial charge in [-0.1, -0.05) is 43.7 Å². The first kappa shape index (κ1) is 14.6. The fourth-order valence-corrected chi connectivity index (χ4v) is 2.76. The standard InChI is InChI=1S/C16H22N2O2/c1-4-8-13-15(19)17-14(12-9-6-5-7-10-12)16(20)18(13)11(2)3/h5-7,9-11,13-14H,4,8H2,1-3H3,(H,17,19). The van der Waals surface area contributed by atoms with Crippen LogP contribution >= 0.6 is 0 Å². The lowest BCUT2D eigenvalue weighted by molar-refractivity contribution is -0.152. The van der Waals surface area contributed by atoms with E-state index in [0.717, 1.165) is 12.0 Å². The van der Waals surface area contributed by atoms with Crippen LogP contribution in [0.5, 0.6) is 0 Å². The Morgan fingerprint density at radius 1 is 1.20 bits per heavy atom. The number of nitrogens with one attached hydrogen (secondary N) is 1. The van der Waals surface area contributed by atoms with Crippen LogP contribution in [0.1, 0.15) is 45.2 Å². The fraction of sp³-hybridized carbons (Fsp3) is 0.500. The van der Waals surface area contributed by atoms with Gasteiger partial charge in [0.25, 0.3) is 5.91 Å². The van der Waals surface area contributed by atoms with Gasteiger partial charge in [0.15, 0.2) is 0 Å². The summed E-state index contributed by atoms with van der Waals surface area (Å²) in [5.74, 6) is -0.0572. The highest BCUT2D eigenvalue weighted by atomic mass is 16.2. The summed E-state index contributed by atoms with van der Waals surface area (Å²) in [6.07, 6.45) is 1.59. The molecule has 0 radical (unpaired) electrons. The molecule has 1 aliphatic heterocycles. The quantitative estimate of drug-likeness (QED) is 0.915. The summed E-state index contributed by atoms with van der Waals surface area (Å²) in [5.41, 5.74) is 0.839. The van der Waals surface area contributed by atoms with E-state index in [9.17, 15) is 9.59 Å². The molecule has 1 fully saturated rings. The molecule has 1 aromatic rings. The Hall–Kier alpha value is -1.84. The van der Waals surface area contributed by atoms with E-state index in [-0.39, 0.29) is 23.9 Å². The molecule has 0 bridgehead atoms. The van der Waals surface area contributed by atoms with Crippen LogP contribution in [-0.4, -0.2) is 28.8 Å². The maximum Gasteiger partial charge on any atom is 0.250 e. The maximum absolute atomic E-state index is 12.7. The van der Waals surface area contributed by atoms with E-state index in [0.29, 0.717) is 6.42 Å². The van der Waals surface area contributed by atoms with Crippen molar-refractivity contribution in [2.24, 2.45) is 0 Å². The van der Waals surface area contributed by atoms with E-state index in [1.807, 2.05) is 51.1 Å². The molecular weight excluding hydrogens is 252 g/mol. The van der Waals surface area contributed by atoms with E-state index in [2.05, 4.69) is 5.32 Å². The molecule has 1 aliphatic rings. The lowest BCUT2D eigenvalue weighted by Gasteiger charge is -2.41. The van der Waals surface area contributed by atoms with Gasteiger partial charge in [0.05, 0.1) is 0 Å². The average Bonchev–Trinajstić information content (AvgIpc) is 2.43. The second-order valence-electron chi connectivity index (χ2n) is 5.50. The van der Waals surface area contributed by atoms with Crippen molar-refractivity contribution in [2.45, 2.75) is 51.7 Å². The number of rotatable bonds is 4. The van der Waals surface area contributed by atoms with Crippen molar-refractivity contribution in [3.05, 3.63) is 35.9 Å². The molecule has 1 N–H and O–H groups in total. The minimum absolute atomic E-state index is 0.00995. The third-order valence-corrected chi connectivity index (χ3v) is 3.68. The molecule has 108 valence electrons. The molecule has 4 nitrogen and oxygen atoms in total. The topological polar surface area (TPSA) is 49.4 Å². The van der Waals surface area contributed by atoms with Gasteiger partial charge in [-0.25, -0.2) is 0 Å². The van der Waals surface area contributed by atoms with Gasteiger partial charge in [0.1, 0.15) is 12.1 Å². The molecule has 4 heteroatoms. The summed E-state index contributed by atoms with van der Waals surface area (Å²) in [7, 11) is 0. The maximum atomic E-state index is 12.7. The molecule has 2 rings (SSSR count). The molecule has 0 saturated carbocycles. The highest BCUT2D eigenvalue weighted by molar-refractivity contribution is 5.97.